The van der Waals surface area contributed by atoms with Crippen LogP contribution in [-0.4, -0.2) is 37.4 Å². The van der Waals surface area contributed by atoms with Crippen LogP contribution >= 0.6 is 0 Å². The minimum atomic E-state index is -3.14. The van der Waals surface area contributed by atoms with Crippen LogP contribution in [0.5, 0.6) is 11.5 Å². The Bertz CT molecular complexity index is 1830. The van der Waals surface area contributed by atoms with Crippen molar-refractivity contribution in [3.05, 3.63) is 111 Å². The van der Waals surface area contributed by atoms with Crippen LogP contribution < -0.4 is 9.47 Å². The first-order valence-electron chi connectivity index (χ1n) is 15.3. The molecule has 0 amide bonds. The van der Waals surface area contributed by atoms with Crippen molar-refractivity contribution in [2.24, 2.45) is 0 Å². The lowest BCUT2D eigenvalue weighted by Crippen LogP contribution is -2.09. The highest BCUT2D eigenvalue weighted by molar-refractivity contribution is 6.36. The molecule has 0 saturated heterocycles. The lowest BCUT2D eigenvalue weighted by atomic mass is 10.00. The molecule has 0 saturated carbocycles. The van der Waals surface area contributed by atoms with E-state index in [2.05, 4.69) is 33.6 Å². The molecule has 0 aliphatic heterocycles. The molecule has 236 valence electrons. The molecule has 4 rings (SSSR count). The van der Waals surface area contributed by atoms with Crippen LogP contribution in [0.1, 0.15) is 88.6 Å². The third-order valence-corrected chi connectivity index (χ3v) is 7.66. The summed E-state index contributed by atoms with van der Waals surface area (Å²) >= 11 is 0. The number of ketones is 1. The minimum absolute atomic E-state index is 0.246. The number of carbonyl (C=O) groups excluding carboxylic acids is 1. The average molecular weight is 623 g/mol. The molecule has 0 radical (unpaired) electrons. The number of nitrogens with one attached hydrogen (secondary N) is 2. The van der Waals surface area contributed by atoms with E-state index < -0.39 is 13.3 Å². The zero-order valence-electron chi connectivity index (χ0n) is 27.0. The number of hydrogen-bond acceptors (Lipinski definition) is 4. The maximum absolute atomic E-state index is 13.8. The summed E-state index contributed by atoms with van der Waals surface area (Å²) in [6.45, 7) is 7.83. The second-order valence-corrected chi connectivity index (χ2v) is 10.3. The number of carbonyl (C=O) groups is 1. The summed E-state index contributed by atoms with van der Waals surface area (Å²) in [4.78, 5) is 20.2. The van der Waals surface area contributed by atoms with Crippen molar-refractivity contribution in [1.82, 2.24) is 9.97 Å². The molecule has 9 heteroatoms. The number of methoxy groups -OCH3 is 2. The van der Waals surface area contributed by atoms with E-state index in [-0.39, 0.29) is 5.76 Å². The van der Waals surface area contributed by atoms with Gasteiger partial charge in [-0.2, -0.15) is 0 Å². The fraction of sp³-hybridized carbons (Fsp3) is 0.270. The Morgan fingerprint density at radius 1 is 0.674 bits per heavy atom. The third-order valence-electron chi connectivity index (χ3n) is 7.66. The van der Waals surface area contributed by atoms with E-state index in [4.69, 9.17) is 14.1 Å². The Kier molecular flexibility index (Phi) is 11.5. The molecule has 0 unspecified atom stereocenters. The molecule has 0 spiro atoms. The normalized spacial score (nSPS) is 10.8. The molecule has 0 bridgehead atoms. The zero-order chi connectivity index (χ0) is 33.2. The lowest BCUT2D eigenvalue weighted by molar-refractivity contribution is 0.104. The number of rotatable bonds is 11. The van der Waals surface area contributed by atoms with E-state index in [0.717, 1.165) is 51.0 Å². The van der Waals surface area contributed by atoms with Crippen molar-refractivity contribution < 1.29 is 27.6 Å². The Morgan fingerprint density at radius 3 is 1.48 bits per heavy atom. The summed E-state index contributed by atoms with van der Waals surface area (Å²) < 4.78 is 43.0. The van der Waals surface area contributed by atoms with Crippen molar-refractivity contribution in [3.8, 4) is 35.2 Å². The first-order valence-corrected chi connectivity index (χ1v) is 15.3. The van der Waals surface area contributed by atoms with E-state index in [1.54, 1.807) is 14.2 Å². The second-order valence-electron chi connectivity index (χ2n) is 10.3. The summed E-state index contributed by atoms with van der Waals surface area (Å²) in [6, 6.07) is 14.7. The highest BCUT2D eigenvalue weighted by Gasteiger charge is 2.27. The summed E-state index contributed by atoms with van der Waals surface area (Å²) in [5.41, 5.74) is 6.71. The molecule has 2 aromatic heterocycles. The Morgan fingerprint density at radius 2 is 1.09 bits per heavy atom. The summed E-state index contributed by atoms with van der Waals surface area (Å²) in [5.74, 6) is 13.3. The molecule has 46 heavy (non-hydrogen) atoms. The van der Waals surface area contributed by atoms with Gasteiger partial charge in [-0.3, -0.25) is 4.79 Å². The van der Waals surface area contributed by atoms with Crippen LogP contribution in [0, 0.1) is 23.7 Å². The van der Waals surface area contributed by atoms with E-state index in [1.807, 2.05) is 76.2 Å². The predicted molar refractivity (Wildman–Crippen MR) is 178 cm³/mol. The van der Waals surface area contributed by atoms with Gasteiger partial charge in [-0.05, 0) is 108 Å². The van der Waals surface area contributed by atoms with Crippen molar-refractivity contribution in [1.29, 1.82) is 0 Å². The van der Waals surface area contributed by atoms with Crippen molar-refractivity contribution in [2.45, 2.75) is 53.4 Å². The molecule has 0 fully saturated rings. The Labute approximate surface area is 269 Å². The fourth-order valence-electron chi connectivity index (χ4n) is 5.42. The smallest absolute Gasteiger partial charge is 0.503 e. The van der Waals surface area contributed by atoms with Crippen LogP contribution in [0.2, 0.25) is 0 Å². The molecule has 6 nitrogen and oxygen atoms in total. The molecule has 4 aromatic rings. The first kappa shape index (κ1) is 33.7. The van der Waals surface area contributed by atoms with Gasteiger partial charge < -0.3 is 24.1 Å². The fourth-order valence-corrected chi connectivity index (χ4v) is 5.42. The van der Waals surface area contributed by atoms with Crippen molar-refractivity contribution >= 4 is 19.0 Å². The number of hydrogen-bond donors (Lipinski definition) is 2. The maximum atomic E-state index is 13.8. The van der Waals surface area contributed by atoms with E-state index in [0.29, 0.717) is 48.5 Å². The number of allylic oxidation sites excluding steroid dienone is 1. The van der Waals surface area contributed by atoms with Gasteiger partial charge in [-0.15, -0.1) is 0 Å². The number of benzene rings is 2. The minimum Gasteiger partial charge on any atom is -0.503 e. The standard InChI is InChI=1S/C37H37BF2N2O4/c1-7-28-30(9-3)36(41-32(28)21-15-24-11-17-26(44-5)18-12-24)34(43)23-35(46-38(39)40)37-31(10-4)29(8-2)33(42-37)22-16-25-13-19-27(45-6)20-14-25/h11-14,17-20,23,41-42H,7-10H2,1-6H3/b35-23-. The quantitative estimate of drug-likeness (QED) is 0.0595. The number of aromatic nitrogens is 2. The maximum Gasteiger partial charge on any atom is 0.796 e. The topological polar surface area (TPSA) is 76.3 Å². The largest absolute Gasteiger partial charge is 0.796 e. The summed E-state index contributed by atoms with van der Waals surface area (Å²) in [5, 5.41) is 0. The van der Waals surface area contributed by atoms with Crippen LogP contribution in [0.4, 0.5) is 8.63 Å². The SMILES string of the molecule is CCc1c(C#Cc2ccc(OC)cc2)[nH]c(C(=O)/C=C(\OB(F)F)c2[nH]c(C#Cc3ccc(OC)cc3)c(CC)c2CC)c1CC. The Balaban J connectivity index is 1.77. The first-order chi connectivity index (χ1) is 22.3. The molecule has 0 aliphatic rings. The molecule has 0 atom stereocenters. The highest BCUT2D eigenvalue weighted by atomic mass is 19.2. The van der Waals surface area contributed by atoms with Gasteiger partial charge in [0.05, 0.1) is 37.0 Å². The summed E-state index contributed by atoms with van der Waals surface area (Å²) in [6.07, 6.45) is 3.44. The zero-order valence-corrected chi connectivity index (χ0v) is 27.0. The number of H-pyrrole nitrogens is 2. The monoisotopic (exact) mass is 622 g/mol. The predicted octanol–water partition coefficient (Wildman–Crippen LogP) is 7.57. The van der Waals surface area contributed by atoms with Gasteiger partial charge in [0, 0.05) is 17.2 Å². The van der Waals surface area contributed by atoms with Gasteiger partial charge in [0.1, 0.15) is 17.3 Å². The lowest BCUT2D eigenvalue weighted by Gasteiger charge is -2.10. The van der Waals surface area contributed by atoms with E-state index in [9.17, 15) is 13.4 Å². The van der Waals surface area contributed by atoms with Crippen LogP contribution in [-0.2, 0) is 30.3 Å². The molecule has 2 aromatic carbocycles. The molecule has 2 heterocycles. The van der Waals surface area contributed by atoms with Gasteiger partial charge in [0.2, 0.25) is 5.78 Å². The van der Waals surface area contributed by atoms with Gasteiger partial charge in [0.15, 0.2) is 0 Å². The summed E-state index contributed by atoms with van der Waals surface area (Å²) in [7, 11) is 0.0529. The van der Waals surface area contributed by atoms with Crippen molar-refractivity contribution in [2.75, 3.05) is 14.2 Å². The van der Waals surface area contributed by atoms with Crippen LogP contribution in [0.25, 0.3) is 5.76 Å². The van der Waals surface area contributed by atoms with Gasteiger partial charge >= 0.3 is 7.47 Å². The van der Waals surface area contributed by atoms with Crippen LogP contribution in [0.15, 0.2) is 54.6 Å². The van der Waals surface area contributed by atoms with Gasteiger partial charge in [-0.25, -0.2) is 8.63 Å². The van der Waals surface area contributed by atoms with E-state index in [1.165, 1.54) is 0 Å². The molecular formula is C37H37BF2N2O4. The van der Waals surface area contributed by atoms with Crippen LogP contribution in [0.3, 0.4) is 0 Å². The van der Waals surface area contributed by atoms with Gasteiger partial charge in [0.25, 0.3) is 0 Å². The molecule has 2 N–H and O–H groups in total. The molecular weight excluding hydrogens is 585 g/mol. The van der Waals surface area contributed by atoms with Crippen molar-refractivity contribution in [3.63, 3.8) is 0 Å². The number of ether oxygens (including phenoxy) is 2. The third kappa shape index (κ3) is 7.73. The number of halogens is 2. The highest BCUT2D eigenvalue weighted by Crippen LogP contribution is 2.29. The average Bonchev–Trinajstić information content (AvgIpc) is 3.63. The Hall–Kier alpha value is -5.15. The number of aromatic amines is 2. The molecule has 0 aliphatic carbocycles. The second kappa shape index (κ2) is 15.7. The van der Waals surface area contributed by atoms with E-state index >= 15 is 0 Å². The van der Waals surface area contributed by atoms with Gasteiger partial charge in [-0.1, -0.05) is 39.5 Å².